The molecule has 1 rings (SSSR count). The number of hydrogen-bond acceptors (Lipinski definition) is 6. The predicted octanol–water partition coefficient (Wildman–Crippen LogP) is -0.351. The number of aliphatic carboxylic acids is 1. The lowest BCUT2D eigenvalue weighted by Crippen LogP contribution is -2.48. The summed E-state index contributed by atoms with van der Waals surface area (Å²) in [6.45, 7) is 2.69. The highest BCUT2D eigenvalue weighted by atomic mass is 16.7. The normalized spacial score (nSPS) is 19.9. The molecule has 1 heterocycles. The Morgan fingerprint density at radius 3 is 2.06 bits per heavy atom. The van der Waals surface area contributed by atoms with Gasteiger partial charge in [0.05, 0.1) is 0 Å². The summed E-state index contributed by atoms with van der Waals surface area (Å²) < 4.78 is 9.40. The Kier molecular flexibility index (Phi) is 3.31. The summed E-state index contributed by atoms with van der Waals surface area (Å²) >= 11 is 0. The third-order valence-corrected chi connectivity index (χ3v) is 1.84. The van der Waals surface area contributed by atoms with Crippen LogP contribution in [-0.4, -0.2) is 34.6 Å². The van der Waals surface area contributed by atoms with Gasteiger partial charge in [-0.2, -0.15) is 0 Å². The van der Waals surface area contributed by atoms with Gasteiger partial charge in [-0.3, -0.25) is 14.4 Å². The van der Waals surface area contributed by atoms with Crippen LogP contribution in [0.4, 0.5) is 0 Å². The number of carbonyl (C=O) groups is 4. The number of carboxylic acids is 1. The van der Waals surface area contributed by atoms with E-state index in [1.807, 2.05) is 0 Å². The minimum Gasteiger partial charge on any atom is -0.478 e. The minimum absolute atomic E-state index is 0.530. The molecule has 0 unspecified atom stereocenters. The molecule has 0 aromatic heterocycles. The standard InChI is InChI=1S/C10H10O7/c1-10(2)16-8(14)7(9(15)17-10)5(11)3-4-6(12)13/h3-4,7H,1-2H3,(H,12,13)/b4-3+. The molecule has 1 saturated heterocycles. The van der Waals surface area contributed by atoms with Crippen LogP contribution in [-0.2, 0) is 28.7 Å². The van der Waals surface area contributed by atoms with E-state index in [1.165, 1.54) is 13.8 Å². The largest absolute Gasteiger partial charge is 0.478 e. The molecule has 0 aliphatic carbocycles. The fraction of sp³-hybridized carbons (Fsp3) is 0.400. The number of ether oxygens (including phenoxy) is 2. The van der Waals surface area contributed by atoms with Crippen molar-refractivity contribution in [1.82, 2.24) is 0 Å². The first-order chi connectivity index (χ1) is 7.73. The van der Waals surface area contributed by atoms with Crippen LogP contribution in [0.15, 0.2) is 12.2 Å². The molecule has 0 amide bonds. The van der Waals surface area contributed by atoms with Gasteiger partial charge in [0.25, 0.3) is 5.79 Å². The monoisotopic (exact) mass is 242 g/mol. The molecular formula is C10H10O7. The van der Waals surface area contributed by atoms with Crippen LogP contribution in [0.25, 0.3) is 0 Å². The molecule has 0 aromatic carbocycles. The lowest BCUT2D eigenvalue weighted by molar-refractivity contribution is -0.238. The van der Waals surface area contributed by atoms with Crippen molar-refractivity contribution in [3.05, 3.63) is 12.2 Å². The van der Waals surface area contributed by atoms with Crippen molar-refractivity contribution in [3.63, 3.8) is 0 Å². The molecule has 1 aliphatic heterocycles. The third kappa shape index (κ3) is 3.13. The molecule has 0 atom stereocenters. The summed E-state index contributed by atoms with van der Waals surface area (Å²) in [5.41, 5.74) is 0. The lowest BCUT2D eigenvalue weighted by Gasteiger charge is -2.31. The van der Waals surface area contributed by atoms with Gasteiger partial charge in [0.2, 0.25) is 5.92 Å². The highest BCUT2D eigenvalue weighted by Crippen LogP contribution is 2.23. The first-order valence-electron chi connectivity index (χ1n) is 4.63. The molecule has 0 saturated carbocycles. The zero-order chi connectivity index (χ0) is 13.2. The smallest absolute Gasteiger partial charge is 0.331 e. The fourth-order valence-corrected chi connectivity index (χ4v) is 1.20. The number of cyclic esters (lactones) is 2. The topological polar surface area (TPSA) is 107 Å². The van der Waals surface area contributed by atoms with Gasteiger partial charge in [0.15, 0.2) is 5.78 Å². The Morgan fingerprint density at radius 1 is 1.18 bits per heavy atom. The van der Waals surface area contributed by atoms with Crippen LogP contribution in [0.1, 0.15) is 13.8 Å². The maximum absolute atomic E-state index is 11.4. The van der Waals surface area contributed by atoms with Gasteiger partial charge in [0, 0.05) is 19.9 Å². The summed E-state index contributed by atoms with van der Waals surface area (Å²) in [7, 11) is 0. The molecule has 92 valence electrons. The first kappa shape index (κ1) is 12.9. The van der Waals surface area contributed by atoms with Gasteiger partial charge in [-0.05, 0) is 6.08 Å². The Bertz CT molecular complexity index is 398. The van der Waals surface area contributed by atoms with Crippen LogP contribution >= 0.6 is 0 Å². The van der Waals surface area contributed by atoms with E-state index in [1.54, 1.807) is 0 Å². The van der Waals surface area contributed by atoms with Crippen LogP contribution in [0.5, 0.6) is 0 Å². The van der Waals surface area contributed by atoms with Gasteiger partial charge in [-0.1, -0.05) is 0 Å². The molecule has 1 fully saturated rings. The van der Waals surface area contributed by atoms with Gasteiger partial charge < -0.3 is 14.6 Å². The van der Waals surface area contributed by atoms with E-state index in [0.717, 1.165) is 0 Å². The fourth-order valence-electron chi connectivity index (χ4n) is 1.20. The second-order valence-corrected chi connectivity index (χ2v) is 3.75. The number of rotatable bonds is 3. The van der Waals surface area contributed by atoms with Gasteiger partial charge in [-0.25, -0.2) is 4.79 Å². The van der Waals surface area contributed by atoms with Crippen molar-refractivity contribution in [2.75, 3.05) is 0 Å². The van der Waals surface area contributed by atoms with Crippen molar-refractivity contribution in [1.29, 1.82) is 0 Å². The van der Waals surface area contributed by atoms with Gasteiger partial charge >= 0.3 is 17.9 Å². The summed E-state index contributed by atoms with van der Waals surface area (Å²) in [5.74, 6) is -7.62. The third-order valence-electron chi connectivity index (χ3n) is 1.84. The van der Waals surface area contributed by atoms with Crippen molar-refractivity contribution >= 4 is 23.7 Å². The van der Waals surface area contributed by atoms with E-state index in [0.29, 0.717) is 12.2 Å². The van der Waals surface area contributed by atoms with Crippen LogP contribution < -0.4 is 0 Å². The number of allylic oxidation sites excluding steroid dienone is 1. The average Bonchev–Trinajstić information content (AvgIpc) is 2.11. The number of hydrogen-bond donors (Lipinski definition) is 1. The minimum atomic E-state index is -1.75. The molecular weight excluding hydrogens is 232 g/mol. The highest BCUT2D eigenvalue weighted by Gasteiger charge is 2.46. The molecule has 0 bridgehead atoms. The number of carboxylic acid groups (broad SMARTS) is 1. The van der Waals surface area contributed by atoms with E-state index < -0.39 is 35.4 Å². The van der Waals surface area contributed by atoms with Crippen LogP contribution in [0.2, 0.25) is 0 Å². The van der Waals surface area contributed by atoms with Crippen molar-refractivity contribution < 1.29 is 33.8 Å². The van der Waals surface area contributed by atoms with E-state index in [9.17, 15) is 19.2 Å². The molecule has 7 heteroatoms. The lowest BCUT2D eigenvalue weighted by atomic mass is 10.0. The maximum atomic E-state index is 11.4. The second kappa shape index (κ2) is 4.36. The van der Waals surface area contributed by atoms with E-state index in [4.69, 9.17) is 14.6 Å². The van der Waals surface area contributed by atoms with E-state index in [2.05, 4.69) is 0 Å². The van der Waals surface area contributed by atoms with E-state index in [-0.39, 0.29) is 0 Å². The Hall–Kier alpha value is -2.18. The first-order valence-corrected chi connectivity index (χ1v) is 4.63. The zero-order valence-corrected chi connectivity index (χ0v) is 9.13. The molecule has 7 nitrogen and oxygen atoms in total. The quantitative estimate of drug-likeness (QED) is 0.409. The molecule has 17 heavy (non-hydrogen) atoms. The Morgan fingerprint density at radius 2 is 1.65 bits per heavy atom. The molecule has 0 spiro atoms. The Balaban J connectivity index is 2.85. The maximum Gasteiger partial charge on any atom is 0.331 e. The van der Waals surface area contributed by atoms with Crippen molar-refractivity contribution in [3.8, 4) is 0 Å². The molecule has 1 aliphatic rings. The average molecular weight is 242 g/mol. The zero-order valence-electron chi connectivity index (χ0n) is 9.13. The SMILES string of the molecule is CC1(C)OC(=O)C(C(=O)/C=C/C(=O)O)C(=O)O1. The van der Waals surface area contributed by atoms with Crippen LogP contribution in [0.3, 0.4) is 0 Å². The van der Waals surface area contributed by atoms with E-state index >= 15 is 0 Å². The van der Waals surface area contributed by atoms with Gasteiger partial charge in [-0.15, -0.1) is 0 Å². The van der Waals surface area contributed by atoms with Gasteiger partial charge in [0.1, 0.15) is 0 Å². The van der Waals surface area contributed by atoms with Crippen molar-refractivity contribution in [2.45, 2.75) is 19.6 Å². The summed E-state index contributed by atoms with van der Waals surface area (Å²) in [4.78, 5) is 44.3. The summed E-state index contributed by atoms with van der Waals surface area (Å²) in [6.07, 6.45) is 1.15. The van der Waals surface area contributed by atoms with Crippen LogP contribution in [0, 0.1) is 5.92 Å². The second-order valence-electron chi connectivity index (χ2n) is 3.75. The molecule has 1 N–H and O–H groups in total. The Labute approximate surface area is 96.0 Å². The van der Waals surface area contributed by atoms with Crippen molar-refractivity contribution in [2.24, 2.45) is 5.92 Å². The molecule has 0 radical (unpaired) electrons. The predicted molar refractivity (Wildman–Crippen MR) is 51.5 cm³/mol. The molecule has 0 aromatic rings. The summed E-state index contributed by atoms with van der Waals surface area (Å²) in [6, 6.07) is 0. The highest BCUT2D eigenvalue weighted by molar-refractivity contribution is 6.20. The number of ketones is 1. The number of carbonyl (C=O) groups excluding carboxylic acids is 3. The summed E-state index contributed by atoms with van der Waals surface area (Å²) in [5, 5.41) is 8.30. The number of esters is 2.